The quantitative estimate of drug-likeness (QED) is 0.740. The molecule has 2 atom stereocenters. The predicted molar refractivity (Wildman–Crippen MR) is 86.2 cm³/mol. The molecule has 0 aromatic heterocycles. The molecule has 6 heteroatoms. The van der Waals surface area contributed by atoms with Gasteiger partial charge in [-0.05, 0) is 37.5 Å². The number of carboxylic acids is 1. The van der Waals surface area contributed by atoms with E-state index in [2.05, 4.69) is 10.6 Å². The van der Waals surface area contributed by atoms with Gasteiger partial charge >= 0.3 is 5.97 Å². The van der Waals surface area contributed by atoms with E-state index in [1.807, 2.05) is 6.08 Å². The van der Waals surface area contributed by atoms with Gasteiger partial charge in [0.05, 0.1) is 11.8 Å². The lowest BCUT2D eigenvalue weighted by atomic mass is 9.82. The van der Waals surface area contributed by atoms with Crippen LogP contribution in [0.2, 0.25) is 0 Å². The summed E-state index contributed by atoms with van der Waals surface area (Å²) in [6, 6.07) is 5.06. The van der Waals surface area contributed by atoms with Crippen LogP contribution >= 0.6 is 0 Å². The van der Waals surface area contributed by atoms with Gasteiger partial charge in [0.25, 0.3) is 5.91 Å². The van der Waals surface area contributed by atoms with Gasteiger partial charge in [0.2, 0.25) is 5.91 Å². The third-order valence-corrected chi connectivity index (χ3v) is 4.15. The lowest BCUT2D eigenvalue weighted by molar-refractivity contribution is -0.146. The van der Waals surface area contributed by atoms with E-state index in [9.17, 15) is 19.5 Å². The van der Waals surface area contributed by atoms with Gasteiger partial charge in [-0.1, -0.05) is 18.2 Å². The summed E-state index contributed by atoms with van der Waals surface area (Å²) in [6.07, 6.45) is 4.37. The highest BCUT2D eigenvalue weighted by molar-refractivity contribution is 6.00. The Morgan fingerprint density at radius 1 is 1.13 bits per heavy atom. The molecule has 0 saturated heterocycles. The SMILES string of the molecule is CNC(=O)c1cccc(NC(=O)[C@H]2CC=CC[C@H]2C(=O)O)c1C. The largest absolute Gasteiger partial charge is 0.481 e. The highest BCUT2D eigenvalue weighted by Crippen LogP contribution is 2.28. The fourth-order valence-electron chi connectivity index (χ4n) is 2.75. The van der Waals surface area contributed by atoms with Crippen LogP contribution in [0, 0.1) is 18.8 Å². The Balaban J connectivity index is 2.22. The van der Waals surface area contributed by atoms with E-state index in [1.54, 1.807) is 38.2 Å². The molecule has 0 unspecified atom stereocenters. The van der Waals surface area contributed by atoms with Gasteiger partial charge < -0.3 is 15.7 Å². The number of hydrogen-bond donors (Lipinski definition) is 3. The molecule has 0 bridgehead atoms. The minimum absolute atomic E-state index is 0.234. The molecular weight excluding hydrogens is 296 g/mol. The van der Waals surface area contributed by atoms with Crippen molar-refractivity contribution < 1.29 is 19.5 Å². The van der Waals surface area contributed by atoms with Crippen molar-refractivity contribution in [1.29, 1.82) is 0 Å². The lowest BCUT2D eigenvalue weighted by Gasteiger charge is -2.24. The van der Waals surface area contributed by atoms with Gasteiger partial charge in [-0.25, -0.2) is 0 Å². The molecule has 2 rings (SSSR count). The zero-order valence-corrected chi connectivity index (χ0v) is 13.1. The van der Waals surface area contributed by atoms with Crippen molar-refractivity contribution in [2.75, 3.05) is 12.4 Å². The van der Waals surface area contributed by atoms with Crippen LogP contribution in [0.5, 0.6) is 0 Å². The van der Waals surface area contributed by atoms with Crippen LogP contribution in [0.1, 0.15) is 28.8 Å². The van der Waals surface area contributed by atoms with Crippen molar-refractivity contribution in [3.05, 3.63) is 41.5 Å². The van der Waals surface area contributed by atoms with Crippen molar-refractivity contribution in [2.24, 2.45) is 11.8 Å². The van der Waals surface area contributed by atoms with E-state index in [-0.39, 0.29) is 11.8 Å². The molecule has 122 valence electrons. The third kappa shape index (κ3) is 3.59. The van der Waals surface area contributed by atoms with Gasteiger partial charge in [-0.15, -0.1) is 0 Å². The molecule has 0 fully saturated rings. The first-order valence-electron chi connectivity index (χ1n) is 7.46. The normalized spacial score (nSPS) is 19.9. The Morgan fingerprint density at radius 3 is 2.39 bits per heavy atom. The predicted octanol–water partition coefficient (Wildman–Crippen LogP) is 1.96. The fraction of sp³-hybridized carbons (Fsp3) is 0.353. The summed E-state index contributed by atoms with van der Waals surface area (Å²) in [6.45, 7) is 1.75. The fourth-order valence-corrected chi connectivity index (χ4v) is 2.75. The maximum Gasteiger partial charge on any atom is 0.307 e. The molecule has 2 amide bonds. The molecule has 0 spiro atoms. The molecule has 23 heavy (non-hydrogen) atoms. The third-order valence-electron chi connectivity index (χ3n) is 4.15. The van der Waals surface area contributed by atoms with Gasteiger partial charge in [0.1, 0.15) is 0 Å². The maximum absolute atomic E-state index is 12.5. The van der Waals surface area contributed by atoms with Crippen LogP contribution in [0.3, 0.4) is 0 Å². The van der Waals surface area contributed by atoms with Crippen molar-refractivity contribution in [3.63, 3.8) is 0 Å². The Bertz CT molecular complexity index is 667. The second kappa shape index (κ2) is 7.09. The zero-order chi connectivity index (χ0) is 17.0. The molecule has 0 heterocycles. The number of carboxylic acid groups (broad SMARTS) is 1. The second-order valence-corrected chi connectivity index (χ2v) is 5.54. The number of anilines is 1. The summed E-state index contributed by atoms with van der Waals surface area (Å²) in [5.41, 5.74) is 1.65. The zero-order valence-electron chi connectivity index (χ0n) is 13.1. The van der Waals surface area contributed by atoms with Gasteiger partial charge in [0, 0.05) is 18.3 Å². The number of carbonyl (C=O) groups is 3. The van der Waals surface area contributed by atoms with Crippen LogP contribution in [0.4, 0.5) is 5.69 Å². The minimum atomic E-state index is -0.967. The first-order valence-corrected chi connectivity index (χ1v) is 7.46. The standard InChI is InChI=1S/C17H20N2O4/c1-10-11(15(20)18-2)8-5-9-14(10)19-16(21)12-6-3-4-7-13(12)17(22)23/h3-5,8-9,12-13H,6-7H2,1-2H3,(H,18,20)(H,19,21)(H,22,23)/t12-,13+/m0/s1. The molecule has 1 aliphatic rings. The van der Waals surface area contributed by atoms with Crippen molar-refractivity contribution in [1.82, 2.24) is 5.32 Å². The van der Waals surface area contributed by atoms with Crippen molar-refractivity contribution in [2.45, 2.75) is 19.8 Å². The molecule has 1 aliphatic carbocycles. The first kappa shape index (κ1) is 16.7. The molecule has 6 nitrogen and oxygen atoms in total. The average Bonchev–Trinajstić information content (AvgIpc) is 2.56. The van der Waals surface area contributed by atoms with E-state index in [1.165, 1.54) is 0 Å². The molecule has 0 saturated carbocycles. The second-order valence-electron chi connectivity index (χ2n) is 5.54. The topological polar surface area (TPSA) is 95.5 Å². The lowest BCUT2D eigenvalue weighted by Crippen LogP contribution is -2.35. The van der Waals surface area contributed by atoms with Crippen LogP contribution in [0.25, 0.3) is 0 Å². The molecule has 0 aliphatic heterocycles. The van der Waals surface area contributed by atoms with E-state index in [0.717, 1.165) is 0 Å². The van der Waals surface area contributed by atoms with E-state index >= 15 is 0 Å². The summed E-state index contributed by atoms with van der Waals surface area (Å²) in [7, 11) is 1.54. The highest BCUT2D eigenvalue weighted by Gasteiger charge is 2.34. The Morgan fingerprint density at radius 2 is 1.78 bits per heavy atom. The highest BCUT2D eigenvalue weighted by atomic mass is 16.4. The maximum atomic E-state index is 12.5. The van der Waals surface area contributed by atoms with E-state index in [4.69, 9.17) is 0 Å². The van der Waals surface area contributed by atoms with Crippen LogP contribution in [0.15, 0.2) is 30.4 Å². The number of carbonyl (C=O) groups excluding carboxylic acids is 2. The first-order chi connectivity index (χ1) is 11.0. The number of amides is 2. The van der Waals surface area contributed by atoms with Gasteiger partial charge in [-0.3, -0.25) is 14.4 Å². The minimum Gasteiger partial charge on any atom is -0.481 e. The molecule has 3 N–H and O–H groups in total. The summed E-state index contributed by atoms with van der Waals surface area (Å²) in [5.74, 6) is -2.87. The smallest absolute Gasteiger partial charge is 0.307 e. The van der Waals surface area contributed by atoms with Crippen LogP contribution < -0.4 is 10.6 Å². The summed E-state index contributed by atoms with van der Waals surface area (Å²) in [4.78, 5) is 35.6. The number of hydrogen-bond acceptors (Lipinski definition) is 3. The number of rotatable bonds is 4. The molecule has 0 radical (unpaired) electrons. The number of nitrogens with one attached hydrogen (secondary N) is 2. The summed E-state index contributed by atoms with van der Waals surface area (Å²) < 4.78 is 0. The monoisotopic (exact) mass is 316 g/mol. The van der Waals surface area contributed by atoms with E-state index < -0.39 is 17.8 Å². The molecule has 1 aromatic rings. The Labute approximate surface area is 134 Å². The Kier molecular flexibility index (Phi) is 5.16. The molecular formula is C17H20N2O4. The van der Waals surface area contributed by atoms with E-state index in [0.29, 0.717) is 29.7 Å². The number of benzene rings is 1. The summed E-state index contributed by atoms with van der Waals surface area (Å²) >= 11 is 0. The number of aliphatic carboxylic acids is 1. The summed E-state index contributed by atoms with van der Waals surface area (Å²) in [5, 5.41) is 14.6. The van der Waals surface area contributed by atoms with Gasteiger partial charge in [0.15, 0.2) is 0 Å². The Hall–Kier alpha value is -2.63. The van der Waals surface area contributed by atoms with Crippen molar-refractivity contribution >= 4 is 23.5 Å². The molecule has 1 aromatic carbocycles. The van der Waals surface area contributed by atoms with Crippen LogP contribution in [-0.2, 0) is 9.59 Å². The van der Waals surface area contributed by atoms with Gasteiger partial charge in [-0.2, -0.15) is 0 Å². The van der Waals surface area contributed by atoms with Crippen molar-refractivity contribution in [3.8, 4) is 0 Å². The average molecular weight is 316 g/mol. The van der Waals surface area contributed by atoms with Crippen LogP contribution in [-0.4, -0.2) is 29.9 Å². The number of allylic oxidation sites excluding steroid dienone is 2.